The minimum atomic E-state index is -0.883. The molecule has 116 valence electrons. The number of carbonyl (C=O) groups is 2. The fourth-order valence-corrected chi connectivity index (χ4v) is 2.55. The molecule has 0 saturated carbocycles. The van der Waals surface area contributed by atoms with E-state index in [9.17, 15) is 9.59 Å². The minimum absolute atomic E-state index is 0.148. The van der Waals surface area contributed by atoms with Gasteiger partial charge < -0.3 is 9.47 Å². The largest absolute Gasteiger partial charge is 0.466 e. The summed E-state index contributed by atoms with van der Waals surface area (Å²) in [5.74, 6) is -0.551. The standard InChI is InChI=1S/C15H17N3O4/c1-9(2)18-12-5-4-11(6-10(12)7-16-18)17-8-13(14(19)21-3)22-15(17)20/h4-7,9,13H,8H2,1-3H3. The van der Waals surface area contributed by atoms with E-state index in [4.69, 9.17) is 4.74 Å². The highest BCUT2D eigenvalue weighted by Gasteiger charge is 2.37. The number of rotatable bonds is 3. The number of hydrogen-bond donors (Lipinski definition) is 0. The Hall–Kier alpha value is -2.57. The van der Waals surface area contributed by atoms with Gasteiger partial charge in [0.15, 0.2) is 0 Å². The van der Waals surface area contributed by atoms with Crippen LogP contribution >= 0.6 is 0 Å². The van der Waals surface area contributed by atoms with Gasteiger partial charge in [0.1, 0.15) is 0 Å². The van der Waals surface area contributed by atoms with E-state index in [2.05, 4.69) is 23.7 Å². The minimum Gasteiger partial charge on any atom is -0.466 e. The molecule has 1 amide bonds. The second-order valence-electron chi connectivity index (χ2n) is 5.43. The van der Waals surface area contributed by atoms with E-state index in [-0.39, 0.29) is 12.6 Å². The molecule has 1 aliphatic heterocycles. The number of amides is 1. The number of benzene rings is 1. The molecule has 1 fully saturated rings. The summed E-state index contributed by atoms with van der Waals surface area (Å²) >= 11 is 0. The molecule has 0 aliphatic carbocycles. The number of methoxy groups -OCH3 is 1. The summed E-state index contributed by atoms with van der Waals surface area (Å²) in [5.41, 5.74) is 1.67. The Morgan fingerprint density at radius 1 is 1.45 bits per heavy atom. The van der Waals surface area contributed by atoms with Gasteiger partial charge in [0.25, 0.3) is 0 Å². The van der Waals surface area contributed by atoms with Gasteiger partial charge in [0, 0.05) is 17.1 Å². The Bertz CT molecular complexity index is 737. The Morgan fingerprint density at radius 2 is 2.23 bits per heavy atom. The zero-order valence-electron chi connectivity index (χ0n) is 12.6. The lowest BCUT2D eigenvalue weighted by molar-refractivity contribution is -0.148. The highest BCUT2D eigenvalue weighted by molar-refractivity contribution is 5.96. The lowest BCUT2D eigenvalue weighted by Crippen LogP contribution is -2.28. The number of cyclic esters (lactones) is 1. The van der Waals surface area contributed by atoms with Gasteiger partial charge in [-0.15, -0.1) is 0 Å². The number of esters is 1. The molecule has 3 rings (SSSR count). The van der Waals surface area contributed by atoms with E-state index < -0.39 is 18.2 Å². The van der Waals surface area contributed by atoms with Crippen LogP contribution in [0, 0.1) is 0 Å². The smallest absolute Gasteiger partial charge is 0.415 e. The van der Waals surface area contributed by atoms with Crippen LogP contribution in [0.15, 0.2) is 24.4 Å². The summed E-state index contributed by atoms with van der Waals surface area (Å²) in [6, 6.07) is 5.85. The van der Waals surface area contributed by atoms with Crippen molar-refractivity contribution in [3.05, 3.63) is 24.4 Å². The predicted octanol–water partition coefficient (Wildman–Crippen LogP) is 2.12. The number of aromatic nitrogens is 2. The van der Waals surface area contributed by atoms with Gasteiger partial charge in [-0.1, -0.05) is 0 Å². The average Bonchev–Trinajstić information content (AvgIpc) is 3.09. The highest BCUT2D eigenvalue weighted by Crippen LogP contribution is 2.27. The first-order valence-corrected chi connectivity index (χ1v) is 7.04. The lowest BCUT2D eigenvalue weighted by Gasteiger charge is -2.13. The molecule has 0 bridgehead atoms. The van der Waals surface area contributed by atoms with Gasteiger partial charge in [-0.25, -0.2) is 9.59 Å². The second kappa shape index (κ2) is 5.32. The number of ether oxygens (including phenoxy) is 2. The van der Waals surface area contributed by atoms with Crippen LogP contribution in [0.5, 0.6) is 0 Å². The highest BCUT2D eigenvalue weighted by atomic mass is 16.6. The van der Waals surface area contributed by atoms with E-state index in [1.807, 2.05) is 22.9 Å². The molecule has 0 spiro atoms. The maximum atomic E-state index is 11.9. The first-order valence-electron chi connectivity index (χ1n) is 7.04. The van der Waals surface area contributed by atoms with Gasteiger partial charge in [-0.05, 0) is 32.0 Å². The molecule has 1 aliphatic rings. The number of hydrogen-bond acceptors (Lipinski definition) is 5. The molecule has 2 aromatic rings. The summed E-state index contributed by atoms with van der Waals surface area (Å²) in [6.45, 7) is 4.26. The molecule has 1 aromatic heterocycles. The van der Waals surface area contributed by atoms with Gasteiger partial charge in [-0.2, -0.15) is 5.10 Å². The number of anilines is 1. The first kappa shape index (κ1) is 14.4. The number of nitrogens with zero attached hydrogens (tertiary/aromatic N) is 3. The van der Waals surface area contributed by atoms with E-state index >= 15 is 0 Å². The van der Waals surface area contributed by atoms with Crippen LogP contribution in [-0.4, -0.2) is 41.6 Å². The van der Waals surface area contributed by atoms with E-state index in [1.165, 1.54) is 12.0 Å². The van der Waals surface area contributed by atoms with E-state index in [0.29, 0.717) is 5.69 Å². The maximum absolute atomic E-state index is 11.9. The van der Waals surface area contributed by atoms with Crippen LogP contribution < -0.4 is 4.90 Å². The van der Waals surface area contributed by atoms with Crippen molar-refractivity contribution in [1.29, 1.82) is 0 Å². The SMILES string of the molecule is COC(=O)C1CN(c2ccc3c(cnn3C(C)C)c2)C(=O)O1. The van der Waals surface area contributed by atoms with Crippen molar-refractivity contribution in [1.82, 2.24) is 9.78 Å². The van der Waals surface area contributed by atoms with Crippen LogP contribution in [0.4, 0.5) is 10.5 Å². The maximum Gasteiger partial charge on any atom is 0.415 e. The summed E-state index contributed by atoms with van der Waals surface area (Å²) in [6.07, 6.45) is 0.329. The number of fused-ring (bicyclic) bond motifs is 1. The van der Waals surface area contributed by atoms with Gasteiger partial charge in [-0.3, -0.25) is 9.58 Å². The molecule has 1 aromatic carbocycles. The Kier molecular flexibility index (Phi) is 3.48. The van der Waals surface area contributed by atoms with Crippen LogP contribution in [-0.2, 0) is 14.3 Å². The zero-order valence-corrected chi connectivity index (χ0v) is 12.6. The summed E-state index contributed by atoms with van der Waals surface area (Å²) in [7, 11) is 1.27. The summed E-state index contributed by atoms with van der Waals surface area (Å²) in [4.78, 5) is 24.8. The van der Waals surface area contributed by atoms with Gasteiger partial charge in [0.05, 0.1) is 25.4 Å². The summed E-state index contributed by atoms with van der Waals surface area (Å²) in [5, 5.41) is 5.28. The molecular weight excluding hydrogens is 286 g/mol. The average molecular weight is 303 g/mol. The van der Waals surface area contributed by atoms with Gasteiger partial charge in [0.2, 0.25) is 6.10 Å². The Labute approximate surface area is 127 Å². The lowest BCUT2D eigenvalue weighted by atomic mass is 10.2. The number of carbonyl (C=O) groups excluding carboxylic acids is 2. The molecular formula is C15H17N3O4. The molecule has 1 saturated heterocycles. The Balaban J connectivity index is 1.91. The topological polar surface area (TPSA) is 73.7 Å². The Morgan fingerprint density at radius 3 is 2.91 bits per heavy atom. The van der Waals surface area contributed by atoms with Crippen molar-refractivity contribution in [2.75, 3.05) is 18.6 Å². The van der Waals surface area contributed by atoms with Crippen molar-refractivity contribution >= 4 is 28.7 Å². The van der Waals surface area contributed by atoms with E-state index in [0.717, 1.165) is 10.9 Å². The van der Waals surface area contributed by atoms with Crippen LogP contribution in [0.1, 0.15) is 19.9 Å². The molecule has 1 atom stereocenters. The first-order chi connectivity index (χ1) is 10.5. The molecule has 22 heavy (non-hydrogen) atoms. The molecule has 1 unspecified atom stereocenters. The van der Waals surface area contributed by atoms with Crippen LogP contribution in [0.25, 0.3) is 10.9 Å². The van der Waals surface area contributed by atoms with Crippen molar-refractivity contribution in [2.24, 2.45) is 0 Å². The van der Waals surface area contributed by atoms with Gasteiger partial charge >= 0.3 is 12.1 Å². The monoisotopic (exact) mass is 303 g/mol. The van der Waals surface area contributed by atoms with Crippen LogP contribution in [0.2, 0.25) is 0 Å². The zero-order chi connectivity index (χ0) is 15.9. The fourth-order valence-electron chi connectivity index (χ4n) is 2.55. The van der Waals surface area contributed by atoms with Crippen molar-refractivity contribution in [2.45, 2.75) is 26.0 Å². The third kappa shape index (κ3) is 2.28. The second-order valence-corrected chi connectivity index (χ2v) is 5.43. The molecule has 2 heterocycles. The molecule has 0 radical (unpaired) electrons. The van der Waals surface area contributed by atoms with Crippen molar-refractivity contribution < 1.29 is 19.1 Å². The van der Waals surface area contributed by atoms with Crippen LogP contribution in [0.3, 0.4) is 0 Å². The summed E-state index contributed by atoms with van der Waals surface area (Å²) < 4.78 is 11.6. The van der Waals surface area contributed by atoms with Crippen molar-refractivity contribution in [3.8, 4) is 0 Å². The third-order valence-corrected chi connectivity index (χ3v) is 3.66. The molecule has 7 nitrogen and oxygen atoms in total. The normalized spacial score (nSPS) is 18.1. The molecule has 0 N–H and O–H groups in total. The third-order valence-electron chi connectivity index (χ3n) is 3.66. The predicted molar refractivity (Wildman–Crippen MR) is 79.7 cm³/mol. The van der Waals surface area contributed by atoms with Crippen molar-refractivity contribution in [3.63, 3.8) is 0 Å². The molecule has 7 heteroatoms. The quantitative estimate of drug-likeness (QED) is 0.812. The fraction of sp³-hybridized carbons (Fsp3) is 0.400. The van der Waals surface area contributed by atoms with E-state index in [1.54, 1.807) is 6.20 Å².